The zero-order chi connectivity index (χ0) is 25.4. The van der Waals surface area contributed by atoms with E-state index in [4.69, 9.17) is 9.47 Å². The Morgan fingerprint density at radius 1 is 1.06 bits per heavy atom. The van der Waals surface area contributed by atoms with Gasteiger partial charge in [0.2, 0.25) is 5.91 Å². The number of para-hydroxylation sites is 2. The summed E-state index contributed by atoms with van der Waals surface area (Å²) in [5, 5.41) is 10.4. The minimum Gasteiger partial charge on any atom is -0.485 e. The minimum absolute atomic E-state index is 0.0130. The smallest absolute Gasteiger partial charge is 0.416 e. The fraction of sp³-hybridized carbons (Fsp3) is 0.286. The lowest BCUT2D eigenvalue weighted by Gasteiger charge is -2.25. The first-order valence-electron chi connectivity index (χ1n) is 9.91. The molecule has 2 heterocycles. The van der Waals surface area contributed by atoms with E-state index in [1.165, 1.54) is 0 Å². The van der Waals surface area contributed by atoms with Gasteiger partial charge < -0.3 is 19.4 Å². The van der Waals surface area contributed by atoms with E-state index in [-0.39, 0.29) is 23.6 Å². The molecule has 0 saturated heterocycles. The molecule has 3 aromatic rings. The number of benzene rings is 2. The normalized spacial score (nSPS) is 15.7. The molecule has 0 radical (unpaired) electrons. The number of nitrogens with one attached hydrogen (secondary N) is 1. The maximum Gasteiger partial charge on any atom is 0.416 e. The van der Waals surface area contributed by atoms with Gasteiger partial charge in [0.25, 0.3) is 0 Å². The van der Waals surface area contributed by atoms with E-state index >= 15 is 0 Å². The van der Waals surface area contributed by atoms with Crippen LogP contribution in [0.1, 0.15) is 23.1 Å². The molecule has 0 spiro atoms. The fourth-order valence-electron chi connectivity index (χ4n) is 3.23. The largest absolute Gasteiger partial charge is 0.485 e. The Bertz CT molecular complexity index is 1210. The zero-order valence-corrected chi connectivity index (χ0v) is 18.6. The number of hydrogen-bond acceptors (Lipinski definition) is 6. The van der Waals surface area contributed by atoms with E-state index in [1.807, 2.05) is 0 Å². The van der Waals surface area contributed by atoms with E-state index in [2.05, 4.69) is 15.5 Å². The number of amides is 1. The van der Waals surface area contributed by atoms with Crippen molar-refractivity contribution in [1.29, 1.82) is 0 Å². The van der Waals surface area contributed by atoms with Gasteiger partial charge in [0, 0.05) is 12.7 Å². The highest BCUT2D eigenvalue weighted by Gasteiger charge is 2.37. The number of carbonyl (C=O) groups excluding carboxylic acids is 1. The predicted molar refractivity (Wildman–Crippen MR) is 112 cm³/mol. The lowest BCUT2D eigenvalue weighted by atomic mass is 10.1. The molecule has 7 nitrogen and oxygen atoms in total. The Morgan fingerprint density at radius 3 is 2.31 bits per heavy atom. The van der Waals surface area contributed by atoms with Crippen molar-refractivity contribution in [3.05, 3.63) is 59.4 Å². The summed E-state index contributed by atoms with van der Waals surface area (Å²) in [7, 11) is 1.63. The first kappa shape index (κ1) is 24.7. The summed E-state index contributed by atoms with van der Waals surface area (Å²) in [6.07, 6.45) is -10.6. The van der Waals surface area contributed by atoms with Crippen LogP contribution in [0.5, 0.6) is 11.5 Å². The average molecular weight is 518 g/mol. The van der Waals surface area contributed by atoms with E-state index in [9.17, 15) is 31.1 Å². The summed E-state index contributed by atoms with van der Waals surface area (Å²) in [4.78, 5) is 12.3. The summed E-state index contributed by atoms with van der Waals surface area (Å²) in [5.41, 5.74) is -3.67. The molecule has 1 amide bonds. The zero-order valence-electron chi connectivity index (χ0n) is 17.8. The number of alkyl halides is 6. The van der Waals surface area contributed by atoms with Crippen molar-refractivity contribution in [2.24, 2.45) is 7.05 Å². The van der Waals surface area contributed by atoms with Crippen molar-refractivity contribution < 1.29 is 40.6 Å². The molecular weight excluding hydrogens is 502 g/mol. The predicted octanol–water partition coefficient (Wildman–Crippen LogP) is 5.10. The number of ether oxygens (including phenoxy) is 2. The molecule has 186 valence electrons. The molecule has 1 aromatic heterocycles. The highest BCUT2D eigenvalue weighted by atomic mass is 32.2. The Labute approximate surface area is 198 Å². The van der Waals surface area contributed by atoms with Crippen LogP contribution in [0, 0.1) is 0 Å². The van der Waals surface area contributed by atoms with Crippen LogP contribution in [0.3, 0.4) is 0 Å². The molecule has 0 saturated carbocycles. The van der Waals surface area contributed by atoms with Gasteiger partial charge in [-0.3, -0.25) is 4.79 Å². The minimum atomic E-state index is -5.02. The lowest BCUT2D eigenvalue weighted by Crippen LogP contribution is -2.24. The summed E-state index contributed by atoms with van der Waals surface area (Å²) in [6, 6.07) is 7.94. The third-order valence-corrected chi connectivity index (χ3v) is 5.89. The van der Waals surface area contributed by atoms with Gasteiger partial charge in [-0.1, -0.05) is 23.9 Å². The number of fused-ring (bicyclic) bond motifs is 1. The van der Waals surface area contributed by atoms with Crippen molar-refractivity contribution in [3.63, 3.8) is 0 Å². The van der Waals surface area contributed by atoms with Crippen LogP contribution < -0.4 is 14.8 Å². The van der Waals surface area contributed by atoms with Crippen molar-refractivity contribution in [2.45, 2.75) is 23.6 Å². The molecule has 1 aliphatic rings. The second kappa shape index (κ2) is 9.32. The standard InChI is InChI=1S/C21H16F6N4O3S/c1-31-18(16-9-33-14-4-2-3-5-15(14)34-16)29-30-19(31)35-10-17(32)28-13-7-11(20(22,23)24)6-12(8-13)21(25,26)27/h2-8,16H,9-10H2,1H3,(H,28,32)/t16-/m1/s1. The molecule has 0 unspecified atom stereocenters. The van der Waals surface area contributed by atoms with Gasteiger partial charge in [0.1, 0.15) is 6.61 Å². The van der Waals surface area contributed by atoms with Gasteiger partial charge in [-0.15, -0.1) is 10.2 Å². The number of hydrogen-bond donors (Lipinski definition) is 1. The molecular formula is C21H16F6N4O3S. The van der Waals surface area contributed by atoms with E-state index < -0.39 is 41.2 Å². The maximum atomic E-state index is 13.0. The van der Waals surface area contributed by atoms with Gasteiger partial charge in [0.05, 0.1) is 16.9 Å². The molecule has 1 aliphatic heterocycles. The van der Waals surface area contributed by atoms with E-state index in [0.717, 1.165) is 11.8 Å². The highest BCUT2D eigenvalue weighted by Crippen LogP contribution is 2.38. The van der Waals surface area contributed by atoms with Crippen molar-refractivity contribution in [2.75, 3.05) is 17.7 Å². The lowest BCUT2D eigenvalue weighted by molar-refractivity contribution is -0.143. The molecule has 2 aromatic carbocycles. The van der Waals surface area contributed by atoms with Gasteiger partial charge in [0.15, 0.2) is 28.6 Å². The number of halogens is 6. The number of carbonyl (C=O) groups is 1. The van der Waals surface area contributed by atoms with Crippen LogP contribution in [0.2, 0.25) is 0 Å². The molecule has 0 bridgehead atoms. The SMILES string of the molecule is Cn1c(SCC(=O)Nc2cc(C(F)(F)F)cc(C(F)(F)F)c2)nnc1[C@H]1COc2ccccc2O1. The van der Waals surface area contributed by atoms with E-state index in [0.29, 0.717) is 29.5 Å². The number of rotatable bonds is 5. The molecule has 1 atom stereocenters. The summed E-state index contributed by atoms with van der Waals surface area (Å²) in [6.45, 7) is 0.172. The topological polar surface area (TPSA) is 78.3 Å². The van der Waals surface area contributed by atoms with Gasteiger partial charge in [-0.25, -0.2) is 0 Å². The summed E-state index contributed by atoms with van der Waals surface area (Å²) < 4.78 is 91.1. The third kappa shape index (κ3) is 5.63. The van der Waals surface area contributed by atoms with Gasteiger partial charge in [-0.05, 0) is 30.3 Å². The third-order valence-electron chi connectivity index (χ3n) is 4.87. The van der Waals surface area contributed by atoms with Crippen LogP contribution in [0.25, 0.3) is 0 Å². The second-order valence-corrected chi connectivity index (χ2v) is 8.34. The number of anilines is 1. The summed E-state index contributed by atoms with van der Waals surface area (Å²) >= 11 is 0.901. The molecule has 4 rings (SSSR count). The van der Waals surface area contributed by atoms with Gasteiger partial charge in [-0.2, -0.15) is 26.3 Å². The van der Waals surface area contributed by atoms with Crippen LogP contribution in [-0.4, -0.2) is 33.0 Å². The van der Waals surface area contributed by atoms with Crippen LogP contribution in [0.4, 0.5) is 32.0 Å². The highest BCUT2D eigenvalue weighted by molar-refractivity contribution is 7.99. The van der Waals surface area contributed by atoms with Crippen molar-refractivity contribution >= 4 is 23.4 Å². The Hall–Kier alpha value is -3.42. The molecule has 35 heavy (non-hydrogen) atoms. The van der Waals surface area contributed by atoms with Gasteiger partial charge >= 0.3 is 12.4 Å². The Balaban J connectivity index is 1.42. The van der Waals surface area contributed by atoms with Crippen LogP contribution in [0.15, 0.2) is 47.6 Å². The Morgan fingerprint density at radius 2 is 1.69 bits per heavy atom. The first-order chi connectivity index (χ1) is 16.4. The van der Waals surface area contributed by atoms with Crippen LogP contribution >= 0.6 is 11.8 Å². The Kier molecular flexibility index (Phi) is 6.58. The average Bonchev–Trinajstić information content (AvgIpc) is 3.16. The number of aromatic nitrogens is 3. The van der Waals surface area contributed by atoms with Crippen molar-refractivity contribution in [1.82, 2.24) is 14.8 Å². The van der Waals surface area contributed by atoms with E-state index in [1.54, 1.807) is 35.9 Å². The molecule has 14 heteroatoms. The first-order valence-corrected chi connectivity index (χ1v) is 10.9. The number of thioether (sulfide) groups is 1. The maximum absolute atomic E-state index is 13.0. The monoisotopic (exact) mass is 518 g/mol. The quantitative estimate of drug-likeness (QED) is 0.374. The number of nitrogens with zero attached hydrogens (tertiary/aromatic N) is 3. The summed E-state index contributed by atoms with van der Waals surface area (Å²) in [5.74, 6) is 0.363. The molecule has 0 fully saturated rings. The molecule has 1 N–H and O–H groups in total. The van der Waals surface area contributed by atoms with Crippen LogP contribution in [-0.2, 0) is 24.2 Å². The van der Waals surface area contributed by atoms with Crippen molar-refractivity contribution in [3.8, 4) is 11.5 Å². The molecule has 0 aliphatic carbocycles. The second-order valence-electron chi connectivity index (χ2n) is 7.40. The fourth-order valence-corrected chi connectivity index (χ4v) is 3.95.